The van der Waals surface area contributed by atoms with E-state index >= 15 is 0 Å². The number of aryl methyl sites for hydroxylation is 1. The van der Waals surface area contributed by atoms with Crippen molar-refractivity contribution < 1.29 is 4.42 Å². The Hall–Kier alpha value is -3.06. The van der Waals surface area contributed by atoms with Gasteiger partial charge in [0, 0.05) is 56.9 Å². The summed E-state index contributed by atoms with van der Waals surface area (Å²) in [4.78, 5) is 13.8. The van der Waals surface area contributed by atoms with E-state index in [9.17, 15) is 0 Å². The average Bonchev–Trinajstić information content (AvgIpc) is 3.15. The number of anilines is 1. The van der Waals surface area contributed by atoms with Gasteiger partial charge < -0.3 is 24.9 Å². The van der Waals surface area contributed by atoms with Crippen molar-refractivity contribution in [2.24, 2.45) is 4.99 Å². The smallest absolute Gasteiger partial charge is 0.191 e. The maximum atomic E-state index is 5.99. The van der Waals surface area contributed by atoms with Crippen LogP contribution in [0.2, 0.25) is 0 Å². The molecule has 1 aliphatic heterocycles. The number of aromatic nitrogens is 1. The molecule has 1 aliphatic rings. The van der Waals surface area contributed by atoms with E-state index in [1.54, 1.807) is 7.05 Å². The van der Waals surface area contributed by atoms with Gasteiger partial charge in [0.05, 0.1) is 6.54 Å². The molecule has 1 saturated heterocycles. The van der Waals surface area contributed by atoms with E-state index in [4.69, 9.17) is 4.42 Å². The number of rotatable bonds is 6. The molecule has 0 radical (unpaired) electrons. The van der Waals surface area contributed by atoms with Gasteiger partial charge in [-0.1, -0.05) is 25.1 Å². The van der Waals surface area contributed by atoms with Crippen LogP contribution in [0.5, 0.6) is 0 Å². The number of nitrogens with zero attached hydrogens (tertiary/aromatic N) is 4. The zero-order valence-electron chi connectivity index (χ0n) is 18.7. The Morgan fingerprint density at radius 3 is 2.61 bits per heavy atom. The molecule has 0 aliphatic carbocycles. The van der Waals surface area contributed by atoms with Gasteiger partial charge in [-0.25, -0.2) is 4.98 Å². The molecule has 1 fully saturated rings. The van der Waals surface area contributed by atoms with E-state index in [0.717, 1.165) is 61.2 Å². The molecule has 3 aromatic rings. The topological polar surface area (TPSA) is 68.9 Å². The van der Waals surface area contributed by atoms with Gasteiger partial charge in [0.1, 0.15) is 17.2 Å². The fourth-order valence-corrected chi connectivity index (χ4v) is 4.00. The summed E-state index contributed by atoms with van der Waals surface area (Å²) in [6, 6.07) is 12.3. The summed E-state index contributed by atoms with van der Waals surface area (Å²) >= 11 is 0. The molecule has 1 aromatic carbocycles. The van der Waals surface area contributed by atoms with Crippen LogP contribution < -0.4 is 15.5 Å². The van der Waals surface area contributed by atoms with Crippen molar-refractivity contribution in [1.82, 2.24) is 20.5 Å². The van der Waals surface area contributed by atoms with Crippen molar-refractivity contribution >= 4 is 22.7 Å². The number of aliphatic imine (C=N–C) groups is 1. The fourth-order valence-electron chi connectivity index (χ4n) is 4.00. The zero-order chi connectivity index (χ0) is 21.6. The third-order valence-corrected chi connectivity index (χ3v) is 6.00. The highest BCUT2D eigenvalue weighted by Crippen LogP contribution is 2.24. The molecule has 31 heavy (non-hydrogen) atoms. The molecule has 0 spiro atoms. The van der Waals surface area contributed by atoms with Crippen molar-refractivity contribution in [1.29, 1.82) is 0 Å². The van der Waals surface area contributed by atoms with Crippen LogP contribution in [0.25, 0.3) is 11.0 Å². The summed E-state index contributed by atoms with van der Waals surface area (Å²) in [6.45, 7) is 10.9. The van der Waals surface area contributed by atoms with Crippen molar-refractivity contribution in [2.45, 2.75) is 26.9 Å². The van der Waals surface area contributed by atoms with E-state index < -0.39 is 0 Å². The maximum Gasteiger partial charge on any atom is 0.191 e. The molecule has 7 nitrogen and oxygen atoms in total. The first-order valence-corrected chi connectivity index (χ1v) is 11.0. The number of furan rings is 1. The molecule has 0 saturated carbocycles. The Morgan fingerprint density at radius 1 is 1.10 bits per heavy atom. The van der Waals surface area contributed by atoms with Crippen LogP contribution in [0.3, 0.4) is 0 Å². The third kappa shape index (κ3) is 4.99. The molecule has 2 N–H and O–H groups in total. The van der Waals surface area contributed by atoms with Gasteiger partial charge in [-0.05, 0) is 37.2 Å². The van der Waals surface area contributed by atoms with Crippen LogP contribution in [0.1, 0.15) is 23.8 Å². The standard InChI is InChI=1S/C24H32N6O/c1-4-29-11-13-30(14-12-29)23-15-19(9-10-26-23)16-27-24(25-3)28-17-22-18(2)20-7-5-6-8-21(20)31-22/h5-10,15H,4,11-14,16-17H2,1-3H3,(H2,25,27,28). The van der Waals surface area contributed by atoms with Crippen LogP contribution in [0.15, 0.2) is 52.0 Å². The predicted octanol–water partition coefficient (Wildman–Crippen LogP) is 3.14. The molecule has 4 rings (SSSR count). The lowest BCUT2D eigenvalue weighted by atomic mass is 10.1. The Kier molecular flexibility index (Phi) is 6.72. The molecule has 0 bridgehead atoms. The van der Waals surface area contributed by atoms with Gasteiger partial charge in [0.25, 0.3) is 0 Å². The van der Waals surface area contributed by atoms with Gasteiger partial charge in [0.15, 0.2) is 5.96 Å². The molecule has 7 heteroatoms. The molecule has 164 valence electrons. The molecule has 0 unspecified atom stereocenters. The van der Waals surface area contributed by atoms with Crippen molar-refractivity contribution in [3.05, 3.63) is 59.5 Å². The van der Waals surface area contributed by atoms with E-state index in [1.165, 1.54) is 11.1 Å². The van der Waals surface area contributed by atoms with Gasteiger partial charge in [-0.3, -0.25) is 4.99 Å². The average molecular weight is 421 g/mol. The lowest BCUT2D eigenvalue weighted by Gasteiger charge is -2.34. The number of fused-ring (bicyclic) bond motifs is 1. The second kappa shape index (κ2) is 9.83. The number of benzene rings is 1. The van der Waals surface area contributed by atoms with Gasteiger partial charge >= 0.3 is 0 Å². The molecule has 3 heterocycles. The quantitative estimate of drug-likeness (QED) is 0.472. The summed E-state index contributed by atoms with van der Waals surface area (Å²) in [5.74, 6) is 2.73. The number of hydrogen-bond acceptors (Lipinski definition) is 5. The fraction of sp³-hybridized carbons (Fsp3) is 0.417. The number of likely N-dealkylation sites (N-methyl/N-ethyl adjacent to an activating group) is 1. The number of guanidine groups is 1. The number of nitrogens with one attached hydrogen (secondary N) is 2. The van der Waals surface area contributed by atoms with E-state index in [0.29, 0.717) is 13.1 Å². The van der Waals surface area contributed by atoms with Crippen LogP contribution in [-0.2, 0) is 13.1 Å². The minimum Gasteiger partial charge on any atom is -0.459 e. The lowest BCUT2D eigenvalue weighted by Crippen LogP contribution is -2.46. The number of para-hydroxylation sites is 1. The molecule has 0 atom stereocenters. The molecular formula is C24H32N6O. The Bertz CT molecular complexity index is 1040. The SMILES string of the molecule is CCN1CCN(c2cc(CNC(=NC)NCc3oc4ccccc4c3C)ccn2)CC1. The first kappa shape index (κ1) is 21.2. The minimum absolute atomic E-state index is 0.587. The molecular weight excluding hydrogens is 388 g/mol. The monoisotopic (exact) mass is 420 g/mol. The Balaban J connectivity index is 1.33. The largest absolute Gasteiger partial charge is 0.459 e. The summed E-state index contributed by atoms with van der Waals surface area (Å²) in [7, 11) is 1.78. The number of piperazine rings is 1. The highest BCUT2D eigenvalue weighted by Gasteiger charge is 2.17. The lowest BCUT2D eigenvalue weighted by molar-refractivity contribution is 0.270. The zero-order valence-corrected chi connectivity index (χ0v) is 18.7. The van der Waals surface area contributed by atoms with Crippen molar-refractivity contribution in [3.63, 3.8) is 0 Å². The maximum absolute atomic E-state index is 5.99. The molecule has 2 aromatic heterocycles. The second-order valence-corrected chi connectivity index (χ2v) is 7.87. The molecule has 0 amide bonds. The minimum atomic E-state index is 0.587. The Labute approximate surface area is 184 Å². The predicted molar refractivity (Wildman–Crippen MR) is 127 cm³/mol. The van der Waals surface area contributed by atoms with Crippen LogP contribution in [0, 0.1) is 6.92 Å². The highest BCUT2D eigenvalue weighted by molar-refractivity contribution is 5.83. The number of pyridine rings is 1. The normalized spacial score (nSPS) is 15.5. The van der Waals surface area contributed by atoms with Crippen LogP contribution >= 0.6 is 0 Å². The van der Waals surface area contributed by atoms with Crippen LogP contribution in [0.4, 0.5) is 5.82 Å². The van der Waals surface area contributed by atoms with E-state index in [2.05, 4.69) is 62.5 Å². The van der Waals surface area contributed by atoms with Crippen molar-refractivity contribution in [3.8, 4) is 0 Å². The number of hydrogen-bond donors (Lipinski definition) is 2. The van der Waals surface area contributed by atoms with Gasteiger partial charge in [-0.15, -0.1) is 0 Å². The highest BCUT2D eigenvalue weighted by atomic mass is 16.3. The Morgan fingerprint density at radius 2 is 1.87 bits per heavy atom. The third-order valence-electron chi connectivity index (χ3n) is 6.00. The van der Waals surface area contributed by atoms with Gasteiger partial charge in [0.2, 0.25) is 0 Å². The van der Waals surface area contributed by atoms with Crippen molar-refractivity contribution in [2.75, 3.05) is 44.7 Å². The van der Waals surface area contributed by atoms with E-state index in [1.807, 2.05) is 24.4 Å². The summed E-state index contributed by atoms with van der Waals surface area (Å²) < 4.78 is 5.99. The first-order valence-electron chi connectivity index (χ1n) is 11.0. The summed E-state index contributed by atoms with van der Waals surface area (Å²) in [5.41, 5.74) is 3.27. The van der Waals surface area contributed by atoms with Gasteiger partial charge in [-0.2, -0.15) is 0 Å². The van der Waals surface area contributed by atoms with Crippen LogP contribution in [-0.4, -0.2) is 55.6 Å². The summed E-state index contributed by atoms with van der Waals surface area (Å²) in [5, 5.41) is 7.92. The summed E-state index contributed by atoms with van der Waals surface area (Å²) in [6.07, 6.45) is 1.90. The second-order valence-electron chi connectivity index (χ2n) is 7.87. The first-order chi connectivity index (χ1) is 15.2. The van der Waals surface area contributed by atoms with E-state index in [-0.39, 0.29) is 0 Å².